The maximum Gasteiger partial charge on any atom is 0.200 e. The van der Waals surface area contributed by atoms with Crippen LogP contribution in [0.5, 0.6) is 5.75 Å². The number of hydrogen-bond acceptors (Lipinski definition) is 2. The fraction of sp³-hybridized carbons (Fsp3) is 0.278. The van der Waals surface area contributed by atoms with Gasteiger partial charge in [-0.15, -0.1) is 0 Å². The number of Topliss-reactive ketones (excluding diaryl/α,β-unsaturated/α-hetero) is 1. The van der Waals surface area contributed by atoms with Gasteiger partial charge in [-0.1, -0.05) is 30.7 Å². The SMILES string of the molecule is CCc1cc(OCC(=O)c2ccc(C)c(C)c2)ccc1Cl. The number of ketones is 1. The zero-order valence-corrected chi connectivity index (χ0v) is 13.3. The Kier molecular flexibility index (Phi) is 5.03. The summed E-state index contributed by atoms with van der Waals surface area (Å²) in [5.41, 5.74) is 3.99. The summed E-state index contributed by atoms with van der Waals surface area (Å²) in [7, 11) is 0. The van der Waals surface area contributed by atoms with Crippen molar-refractivity contribution < 1.29 is 9.53 Å². The van der Waals surface area contributed by atoms with Gasteiger partial charge in [-0.2, -0.15) is 0 Å². The quantitative estimate of drug-likeness (QED) is 0.743. The molecule has 0 aliphatic carbocycles. The minimum Gasteiger partial charge on any atom is -0.485 e. The smallest absolute Gasteiger partial charge is 0.200 e. The predicted molar refractivity (Wildman–Crippen MR) is 86.6 cm³/mol. The van der Waals surface area contributed by atoms with Crippen LogP contribution in [-0.4, -0.2) is 12.4 Å². The number of carbonyl (C=O) groups excluding carboxylic acids is 1. The fourth-order valence-corrected chi connectivity index (χ4v) is 2.31. The summed E-state index contributed by atoms with van der Waals surface area (Å²) in [4.78, 5) is 12.2. The summed E-state index contributed by atoms with van der Waals surface area (Å²) in [6.07, 6.45) is 0.834. The molecular weight excluding hydrogens is 284 g/mol. The molecule has 0 saturated carbocycles. The van der Waals surface area contributed by atoms with Crippen LogP contribution in [0.2, 0.25) is 5.02 Å². The maximum atomic E-state index is 12.2. The number of hydrogen-bond donors (Lipinski definition) is 0. The standard InChI is InChI=1S/C18H19ClO2/c1-4-14-10-16(7-8-17(14)19)21-11-18(20)15-6-5-12(2)13(3)9-15/h5-10H,4,11H2,1-3H3. The lowest BCUT2D eigenvalue weighted by Crippen LogP contribution is -2.12. The fourth-order valence-electron chi connectivity index (χ4n) is 2.06. The van der Waals surface area contributed by atoms with E-state index in [1.165, 1.54) is 5.56 Å². The van der Waals surface area contributed by atoms with Crippen molar-refractivity contribution in [1.29, 1.82) is 0 Å². The third-order valence-corrected chi connectivity index (χ3v) is 3.97. The minimum absolute atomic E-state index is 0.0221. The van der Waals surface area contributed by atoms with E-state index >= 15 is 0 Å². The van der Waals surface area contributed by atoms with Crippen LogP contribution in [0.1, 0.15) is 34.0 Å². The summed E-state index contributed by atoms with van der Waals surface area (Å²) in [5, 5.41) is 0.727. The van der Waals surface area contributed by atoms with Gasteiger partial charge in [-0.05, 0) is 61.2 Å². The van der Waals surface area contributed by atoms with Gasteiger partial charge in [0.15, 0.2) is 12.4 Å². The van der Waals surface area contributed by atoms with Crippen LogP contribution in [0.15, 0.2) is 36.4 Å². The molecule has 0 fully saturated rings. The first-order chi connectivity index (χ1) is 10.0. The Morgan fingerprint density at radius 1 is 1.10 bits per heavy atom. The van der Waals surface area contributed by atoms with Gasteiger partial charge < -0.3 is 4.74 Å². The van der Waals surface area contributed by atoms with Crippen LogP contribution in [0, 0.1) is 13.8 Å². The van der Waals surface area contributed by atoms with E-state index in [-0.39, 0.29) is 12.4 Å². The van der Waals surface area contributed by atoms with Gasteiger partial charge in [0.1, 0.15) is 5.75 Å². The third-order valence-electron chi connectivity index (χ3n) is 3.60. The van der Waals surface area contributed by atoms with Crippen molar-refractivity contribution >= 4 is 17.4 Å². The van der Waals surface area contributed by atoms with Crippen molar-refractivity contribution in [2.45, 2.75) is 27.2 Å². The Morgan fingerprint density at radius 3 is 2.52 bits per heavy atom. The summed E-state index contributed by atoms with van der Waals surface area (Å²) in [6.45, 7) is 6.10. The topological polar surface area (TPSA) is 26.3 Å². The molecule has 0 aromatic heterocycles. The van der Waals surface area contributed by atoms with Crippen molar-refractivity contribution in [3.05, 3.63) is 63.7 Å². The first-order valence-electron chi connectivity index (χ1n) is 7.03. The molecule has 0 heterocycles. The molecule has 0 bridgehead atoms. The molecular formula is C18H19ClO2. The Balaban J connectivity index is 2.05. The molecule has 0 aliphatic heterocycles. The van der Waals surface area contributed by atoms with E-state index in [4.69, 9.17) is 16.3 Å². The largest absolute Gasteiger partial charge is 0.485 e. The van der Waals surface area contributed by atoms with E-state index in [0.717, 1.165) is 22.6 Å². The number of benzene rings is 2. The highest BCUT2D eigenvalue weighted by atomic mass is 35.5. The number of carbonyl (C=O) groups is 1. The normalized spacial score (nSPS) is 10.5. The van der Waals surface area contributed by atoms with E-state index in [2.05, 4.69) is 0 Å². The molecule has 2 rings (SSSR count). The third kappa shape index (κ3) is 3.85. The lowest BCUT2D eigenvalue weighted by molar-refractivity contribution is 0.0921. The Labute approximate surface area is 130 Å². The van der Waals surface area contributed by atoms with E-state index in [9.17, 15) is 4.79 Å². The Hall–Kier alpha value is -1.80. The molecule has 0 saturated heterocycles. The zero-order chi connectivity index (χ0) is 15.4. The van der Waals surface area contributed by atoms with Crippen LogP contribution in [0.3, 0.4) is 0 Å². The number of aryl methyl sites for hydroxylation is 3. The van der Waals surface area contributed by atoms with E-state index in [1.807, 2.05) is 45.0 Å². The molecule has 2 aromatic rings. The molecule has 110 valence electrons. The summed E-state index contributed by atoms with van der Waals surface area (Å²) >= 11 is 6.06. The van der Waals surface area contributed by atoms with Gasteiger partial charge >= 0.3 is 0 Å². The van der Waals surface area contributed by atoms with Gasteiger partial charge in [0.25, 0.3) is 0 Å². The highest BCUT2D eigenvalue weighted by Crippen LogP contribution is 2.22. The first kappa shape index (κ1) is 15.6. The zero-order valence-electron chi connectivity index (χ0n) is 12.6. The number of rotatable bonds is 5. The van der Waals surface area contributed by atoms with Gasteiger partial charge in [0, 0.05) is 10.6 Å². The lowest BCUT2D eigenvalue weighted by atomic mass is 10.0. The van der Waals surface area contributed by atoms with Gasteiger partial charge in [-0.25, -0.2) is 0 Å². The van der Waals surface area contributed by atoms with Crippen molar-refractivity contribution in [2.75, 3.05) is 6.61 Å². The first-order valence-corrected chi connectivity index (χ1v) is 7.40. The highest BCUT2D eigenvalue weighted by molar-refractivity contribution is 6.31. The highest BCUT2D eigenvalue weighted by Gasteiger charge is 2.09. The second kappa shape index (κ2) is 6.77. The summed E-state index contributed by atoms with van der Waals surface area (Å²) in [5.74, 6) is 0.652. The molecule has 3 heteroatoms. The van der Waals surface area contributed by atoms with Gasteiger partial charge in [0.2, 0.25) is 0 Å². The van der Waals surface area contributed by atoms with E-state index < -0.39 is 0 Å². The molecule has 0 atom stereocenters. The van der Waals surface area contributed by atoms with Gasteiger partial charge in [0.05, 0.1) is 0 Å². The van der Waals surface area contributed by atoms with Crippen LogP contribution < -0.4 is 4.74 Å². The molecule has 0 aliphatic rings. The van der Waals surface area contributed by atoms with Crippen molar-refractivity contribution in [1.82, 2.24) is 0 Å². The molecule has 0 amide bonds. The van der Waals surface area contributed by atoms with Crippen LogP contribution in [0.4, 0.5) is 0 Å². The lowest BCUT2D eigenvalue weighted by Gasteiger charge is -2.09. The molecule has 21 heavy (non-hydrogen) atoms. The van der Waals surface area contributed by atoms with Crippen LogP contribution in [-0.2, 0) is 6.42 Å². The molecule has 2 nitrogen and oxygen atoms in total. The Morgan fingerprint density at radius 2 is 1.86 bits per heavy atom. The van der Waals surface area contributed by atoms with E-state index in [1.54, 1.807) is 12.1 Å². The van der Waals surface area contributed by atoms with Gasteiger partial charge in [-0.3, -0.25) is 4.79 Å². The summed E-state index contributed by atoms with van der Waals surface area (Å²) in [6, 6.07) is 11.2. The molecule has 0 unspecified atom stereocenters. The monoisotopic (exact) mass is 302 g/mol. The average molecular weight is 303 g/mol. The maximum absolute atomic E-state index is 12.2. The Bertz CT molecular complexity index is 662. The molecule has 0 N–H and O–H groups in total. The summed E-state index contributed by atoms with van der Waals surface area (Å²) < 4.78 is 5.58. The number of ether oxygens (including phenoxy) is 1. The van der Waals surface area contributed by atoms with Crippen molar-refractivity contribution in [3.8, 4) is 5.75 Å². The second-order valence-electron chi connectivity index (χ2n) is 5.12. The molecule has 0 radical (unpaired) electrons. The van der Waals surface area contributed by atoms with Crippen LogP contribution >= 0.6 is 11.6 Å². The van der Waals surface area contributed by atoms with Crippen molar-refractivity contribution in [3.63, 3.8) is 0 Å². The average Bonchev–Trinajstić information content (AvgIpc) is 2.48. The number of halogens is 1. The minimum atomic E-state index is -0.0221. The van der Waals surface area contributed by atoms with E-state index in [0.29, 0.717) is 11.3 Å². The van der Waals surface area contributed by atoms with Crippen molar-refractivity contribution in [2.24, 2.45) is 0 Å². The molecule has 2 aromatic carbocycles. The second-order valence-corrected chi connectivity index (χ2v) is 5.52. The molecule has 0 spiro atoms. The van der Waals surface area contributed by atoms with Crippen LogP contribution in [0.25, 0.3) is 0 Å². The predicted octanol–water partition coefficient (Wildman–Crippen LogP) is 4.78.